The summed E-state index contributed by atoms with van der Waals surface area (Å²) in [6.45, 7) is 13.4. The number of halogens is 1. The number of rotatable bonds is 11. The number of allylic oxidation sites excluding steroid dienone is 6. The van der Waals surface area contributed by atoms with Gasteiger partial charge in [0.05, 0.1) is 30.0 Å². The third-order valence-corrected chi connectivity index (χ3v) is 5.61. The second-order valence-corrected chi connectivity index (χ2v) is 8.15. The number of hydrazone groups is 1. The fourth-order valence-electron chi connectivity index (χ4n) is 3.66. The monoisotopic (exact) mass is 481 g/mol. The summed E-state index contributed by atoms with van der Waals surface area (Å²) < 4.78 is 15.8. The van der Waals surface area contributed by atoms with Crippen LogP contribution in [0.3, 0.4) is 0 Å². The van der Waals surface area contributed by atoms with Gasteiger partial charge in [-0.1, -0.05) is 85.0 Å². The summed E-state index contributed by atoms with van der Waals surface area (Å²) in [4.78, 5) is 8.59. The van der Waals surface area contributed by atoms with Gasteiger partial charge in [0, 0.05) is 11.8 Å². The molecule has 3 rings (SSSR count). The van der Waals surface area contributed by atoms with Gasteiger partial charge in [-0.3, -0.25) is 9.56 Å². The van der Waals surface area contributed by atoms with Gasteiger partial charge in [0.2, 0.25) is 0 Å². The van der Waals surface area contributed by atoms with E-state index in [1.807, 2.05) is 50.3 Å². The first-order chi connectivity index (χ1) is 17.5. The highest BCUT2D eigenvalue weighted by Gasteiger charge is 2.19. The molecule has 6 heteroatoms. The number of hydrogen-bond acceptors (Lipinski definition) is 4. The van der Waals surface area contributed by atoms with Crippen molar-refractivity contribution < 1.29 is 4.39 Å². The fraction of sp³-hybridized carbons (Fsp3) is 0.167. The van der Waals surface area contributed by atoms with E-state index in [0.717, 1.165) is 27.8 Å². The zero-order valence-corrected chi connectivity index (χ0v) is 21.0. The molecular weight excluding hydrogens is 449 g/mol. The first kappa shape index (κ1) is 26.3. The Morgan fingerprint density at radius 2 is 1.89 bits per heavy atom. The number of aliphatic imine (C=N–C) groups is 1. The van der Waals surface area contributed by atoms with E-state index in [1.54, 1.807) is 18.4 Å². The second-order valence-electron chi connectivity index (χ2n) is 8.15. The SMILES string of the molecule is C=C/C=C\C(=C/C)c1ccc(CN/N=C\C=C(/N=C)c2c(-c3ccc(C)cc3)ncn2C(C)F)cc1. The first-order valence-corrected chi connectivity index (χ1v) is 11.7. The molecule has 0 aliphatic rings. The van der Waals surface area contributed by atoms with Gasteiger partial charge >= 0.3 is 0 Å². The van der Waals surface area contributed by atoms with Crippen LogP contribution in [0.5, 0.6) is 0 Å². The Morgan fingerprint density at radius 1 is 1.17 bits per heavy atom. The van der Waals surface area contributed by atoms with Crippen molar-refractivity contribution >= 4 is 24.2 Å². The number of aryl methyl sites for hydroxylation is 1. The molecule has 0 bridgehead atoms. The molecule has 0 aliphatic carbocycles. The Kier molecular flexibility index (Phi) is 9.46. The Labute approximate surface area is 212 Å². The van der Waals surface area contributed by atoms with E-state index < -0.39 is 6.30 Å². The lowest BCUT2D eigenvalue weighted by Crippen LogP contribution is -2.05. The maximum atomic E-state index is 14.4. The molecule has 5 nitrogen and oxygen atoms in total. The maximum absolute atomic E-state index is 14.4. The van der Waals surface area contributed by atoms with Crippen LogP contribution in [0.2, 0.25) is 0 Å². The van der Waals surface area contributed by atoms with E-state index in [-0.39, 0.29) is 0 Å². The molecule has 0 amide bonds. The van der Waals surface area contributed by atoms with Crippen molar-refractivity contribution in [1.82, 2.24) is 15.0 Å². The summed E-state index contributed by atoms with van der Waals surface area (Å²) in [6, 6.07) is 16.2. The normalized spacial score (nSPS) is 13.3. The van der Waals surface area contributed by atoms with Gasteiger partial charge in [0.15, 0.2) is 6.30 Å². The molecule has 2 aromatic carbocycles. The quantitative estimate of drug-likeness (QED) is 0.177. The Bertz CT molecular complexity index is 1290. The number of aromatic nitrogens is 2. The highest BCUT2D eigenvalue weighted by atomic mass is 19.1. The third kappa shape index (κ3) is 6.63. The van der Waals surface area contributed by atoms with Crippen LogP contribution in [-0.2, 0) is 6.54 Å². The molecule has 1 atom stereocenters. The van der Waals surface area contributed by atoms with Gasteiger partial charge in [0.1, 0.15) is 0 Å². The van der Waals surface area contributed by atoms with Crippen LogP contribution in [0, 0.1) is 6.92 Å². The zero-order chi connectivity index (χ0) is 25.9. The van der Waals surface area contributed by atoms with Crippen molar-refractivity contribution in [2.24, 2.45) is 10.1 Å². The lowest BCUT2D eigenvalue weighted by Gasteiger charge is -2.11. The molecule has 0 radical (unpaired) electrons. The zero-order valence-electron chi connectivity index (χ0n) is 21.0. The van der Waals surface area contributed by atoms with Crippen LogP contribution in [0.15, 0.2) is 102 Å². The molecule has 1 heterocycles. The number of alkyl halides is 1. The lowest BCUT2D eigenvalue weighted by atomic mass is 10.0. The summed E-state index contributed by atoms with van der Waals surface area (Å²) >= 11 is 0. The van der Waals surface area contributed by atoms with Crippen molar-refractivity contribution in [3.63, 3.8) is 0 Å². The number of imidazole rings is 1. The third-order valence-electron chi connectivity index (χ3n) is 5.61. The number of nitrogens with one attached hydrogen (secondary N) is 1. The van der Waals surface area contributed by atoms with E-state index >= 15 is 0 Å². The van der Waals surface area contributed by atoms with E-state index in [4.69, 9.17) is 0 Å². The molecule has 0 fully saturated rings. The van der Waals surface area contributed by atoms with Crippen LogP contribution in [-0.4, -0.2) is 22.5 Å². The Morgan fingerprint density at radius 3 is 2.50 bits per heavy atom. The summed E-state index contributed by atoms with van der Waals surface area (Å²) in [5.41, 5.74) is 10.1. The molecule has 36 heavy (non-hydrogen) atoms. The van der Waals surface area contributed by atoms with Crippen molar-refractivity contribution in [2.45, 2.75) is 33.6 Å². The summed E-state index contributed by atoms with van der Waals surface area (Å²) in [7, 11) is 0. The van der Waals surface area contributed by atoms with Gasteiger partial charge < -0.3 is 5.43 Å². The van der Waals surface area contributed by atoms with Crippen LogP contribution < -0.4 is 5.43 Å². The maximum Gasteiger partial charge on any atom is 0.174 e. The van der Waals surface area contributed by atoms with Crippen LogP contribution in [0.1, 0.15) is 42.5 Å². The molecule has 0 aliphatic heterocycles. The average Bonchev–Trinajstić information content (AvgIpc) is 3.33. The molecule has 1 N–H and O–H groups in total. The van der Waals surface area contributed by atoms with Gasteiger partial charge in [-0.05, 0) is 50.3 Å². The van der Waals surface area contributed by atoms with Gasteiger partial charge in [0.25, 0.3) is 0 Å². The summed E-state index contributed by atoms with van der Waals surface area (Å²) in [6.07, 6.45) is 11.3. The first-order valence-electron chi connectivity index (χ1n) is 11.7. The Hall–Kier alpha value is -4.32. The highest BCUT2D eigenvalue weighted by Crippen LogP contribution is 2.31. The molecule has 0 spiro atoms. The molecule has 3 aromatic rings. The summed E-state index contributed by atoms with van der Waals surface area (Å²) in [5.74, 6) is 0. The van der Waals surface area contributed by atoms with E-state index in [9.17, 15) is 4.39 Å². The van der Waals surface area contributed by atoms with Crippen molar-refractivity contribution in [1.29, 1.82) is 0 Å². The topological polar surface area (TPSA) is 54.6 Å². The molecule has 184 valence electrons. The smallest absolute Gasteiger partial charge is 0.174 e. The molecule has 1 aromatic heterocycles. The Balaban J connectivity index is 1.73. The molecular formula is C30H32FN5. The number of nitrogens with zero attached hydrogens (tertiary/aromatic N) is 4. The predicted octanol–water partition coefficient (Wildman–Crippen LogP) is 7.31. The van der Waals surface area contributed by atoms with Crippen molar-refractivity contribution in [2.75, 3.05) is 0 Å². The van der Waals surface area contributed by atoms with E-state index in [2.05, 4.69) is 64.1 Å². The average molecular weight is 482 g/mol. The highest BCUT2D eigenvalue weighted by molar-refractivity contribution is 5.88. The standard InChI is InChI=1S/C30H32FN5/c1-6-8-9-25(7-2)26-16-12-24(13-17-26)20-35-34-19-18-28(32-5)30-29(33-21-36(30)23(4)31)27-14-10-22(3)11-15-27/h6-19,21,23,35H,1,5,20H2,2-4H3/b9-8-,25-7+,28-18-,34-19-. The number of benzene rings is 2. The lowest BCUT2D eigenvalue weighted by molar-refractivity contribution is 0.266. The predicted molar refractivity (Wildman–Crippen MR) is 151 cm³/mol. The summed E-state index contributed by atoms with van der Waals surface area (Å²) in [5, 5.41) is 4.27. The van der Waals surface area contributed by atoms with Gasteiger partial charge in [-0.15, -0.1) is 0 Å². The minimum absolute atomic E-state index is 0.480. The fourth-order valence-corrected chi connectivity index (χ4v) is 3.66. The largest absolute Gasteiger partial charge is 0.306 e. The molecule has 0 saturated heterocycles. The van der Waals surface area contributed by atoms with Crippen molar-refractivity contribution in [3.05, 3.63) is 114 Å². The molecule has 0 saturated carbocycles. The van der Waals surface area contributed by atoms with Crippen LogP contribution in [0.4, 0.5) is 4.39 Å². The van der Waals surface area contributed by atoms with Gasteiger partial charge in [-0.25, -0.2) is 9.37 Å². The van der Waals surface area contributed by atoms with E-state index in [1.165, 1.54) is 17.8 Å². The van der Waals surface area contributed by atoms with Crippen LogP contribution >= 0.6 is 0 Å². The van der Waals surface area contributed by atoms with Gasteiger partial charge in [-0.2, -0.15) is 5.10 Å². The second kappa shape index (κ2) is 13.0. The van der Waals surface area contributed by atoms with E-state index in [0.29, 0.717) is 23.6 Å². The minimum Gasteiger partial charge on any atom is -0.306 e. The van der Waals surface area contributed by atoms with Crippen LogP contribution in [0.25, 0.3) is 22.5 Å². The number of hydrogen-bond donors (Lipinski definition) is 1. The minimum atomic E-state index is -1.27. The van der Waals surface area contributed by atoms with Crippen molar-refractivity contribution in [3.8, 4) is 11.3 Å². The molecule has 1 unspecified atom stereocenters.